The lowest BCUT2D eigenvalue weighted by Crippen LogP contribution is -2.46. The lowest BCUT2D eigenvalue weighted by Gasteiger charge is -2.25. The second kappa shape index (κ2) is 7.43. The van der Waals surface area contributed by atoms with Crippen molar-refractivity contribution in [3.8, 4) is 11.5 Å². The molecule has 2 atom stereocenters. The Bertz CT molecular complexity index is 952. The first kappa shape index (κ1) is 19.3. The molecule has 6 heteroatoms. The van der Waals surface area contributed by atoms with E-state index < -0.39 is 0 Å². The van der Waals surface area contributed by atoms with Crippen LogP contribution in [-0.2, 0) is 11.2 Å². The highest BCUT2D eigenvalue weighted by Crippen LogP contribution is 2.49. The van der Waals surface area contributed by atoms with E-state index in [0.29, 0.717) is 12.2 Å². The summed E-state index contributed by atoms with van der Waals surface area (Å²) in [4.78, 5) is 25.7. The molecule has 6 nitrogen and oxygen atoms in total. The van der Waals surface area contributed by atoms with E-state index in [1.165, 1.54) is 19.2 Å². The number of methoxy groups -OCH3 is 1. The Morgan fingerprint density at radius 3 is 2.59 bits per heavy atom. The van der Waals surface area contributed by atoms with Gasteiger partial charge in [0.2, 0.25) is 5.91 Å². The van der Waals surface area contributed by atoms with E-state index in [1.54, 1.807) is 6.07 Å². The Labute approximate surface area is 170 Å². The monoisotopic (exact) mass is 394 g/mol. The molecule has 0 saturated heterocycles. The van der Waals surface area contributed by atoms with Gasteiger partial charge in [-0.1, -0.05) is 31.2 Å². The van der Waals surface area contributed by atoms with Gasteiger partial charge in [0.15, 0.2) is 0 Å². The first-order valence-electron chi connectivity index (χ1n) is 10.0. The van der Waals surface area contributed by atoms with Gasteiger partial charge in [-0.3, -0.25) is 9.59 Å². The van der Waals surface area contributed by atoms with Crippen molar-refractivity contribution < 1.29 is 19.4 Å². The first-order chi connectivity index (χ1) is 14.0. The zero-order valence-corrected chi connectivity index (χ0v) is 16.7. The van der Waals surface area contributed by atoms with Crippen LogP contribution in [0.15, 0.2) is 42.5 Å². The Morgan fingerprint density at radius 2 is 1.93 bits per heavy atom. The number of amides is 2. The number of phenols is 1. The van der Waals surface area contributed by atoms with Crippen molar-refractivity contribution >= 4 is 11.8 Å². The molecule has 0 bridgehead atoms. The predicted molar refractivity (Wildman–Crippen MR) is 109 cm³/mol. The number of phenolic OH excluding ortho intramolecular Hbond substituents is 1. The van der Waals surface area contributed by atoms with E-state index in [4.69, 9.17) is 4.74 Å². The zero-order valence-electron chi connectivity index (χ0n) is 16.7. The minimum absolute atomic E-state index is 0.0735. The minimum atomic E-state index is -0.386. The highest BCUT2D eigenvalue weighted by molar-refractivity contribution is 5.97. The maximum absolute atomic E-state index is 12.9. The van der Waals surface area contributed by atoms with Crippen LogP contribution in [0.3, 0.4) is 0 Å². The minimum Gasteiger partial charge on any atom is -0.507 e. The molecule has 0 heterocycles. The molecule has 1 fully saturated rings. The average molecular weight is 394 g/mol. The molecule has 2 aliphatic carbocycles. The normalized spacial score (nSPS) is 21.2. The quantitative estimate of drug-likeness (QED) is 0.703. The molecule has 2 aliphatic rings. The lowest BCUT2D eigenvalue weighted by molar-refractivity contribution is -0.127. The summed E-state index contributed by atoms with van der Waals surface area (Å²) < 4.78 is 5.08. The third kappa shape index (κ3) is 3.55. The SMILES string of the molecule is CCC1(C(=O)N[C@@H]2Cc3ccccc3[C@H]2NC(=O)c2ccc(OC)cc2O)CC1. The van der Waals surface area contributed by atoms with E-state index in [9.17, 15) is 14.7 Å². The summed E-state index contributed by atoms with van der Waals surface area (Å²) in [5, 5.41) is 16.4. The van der Waals surface area contributed by atoms with Crippen LogP contribution in [0, 0.1) is 5.41 Å². The molecule has 3 N–H and O–H groups in total. The smallest absolute Gasteiger partial charge is 0.255 e. The fourth-order valence-corrected chi connectivity index (χ4v) is 4.17. The molecule has 2 aromatic carbocycles. The van der Waals surface area contributed by atoms with Crippen LogP contribution in [0.5, 0.6) is 11.5 Å². The number of hydrogen-bond donors (Lipinski definition) is 3. The third-order valence-electron chi connectivity index (χ3n) is 6.30. The van der Waals surface area contributed by atoms with Crippen LogP contribution in [0.25, 0.3) is 0 Å². The fraction of sp³-hybridized carbons (Fsp3) is 0.391. The van der Waals surface area contributed by atoms with Crippen LogP contribution in [-0.4, -0.2) is 30.1 Å². The van der Waals surface area contributed by atoms with Crippen molar-refractivity contribution in [2.24, 2.45) is 5.41 Å². The van der Waals surface area contributed by atoms with E-state index in [-0.39, 0.29) is 40.6 Å². The first-order valence-corrected chi connectivity index (χ1v) is 10.0. The van der Waals surface area contributed by atoms with Gasteiger partial charge in [0.05, 0.1) is 24.8 Å². The van der Waals surface area contributed by atoms with Gasteiger partial charge in [-0.05, 0) is 48.9 Å². The third-order valence-corrected chi connectivity index (χ3v) is 6.30. The summed E-state index contributed by atoms with van der Waals surface area (Å²) in [7, 11) is 1.50. The number of fused-ring (bicyclic) bond motifs is 1. The molecular formula is C23H26N2O4. The maximum atomic E-state index is 12.9. The molecule has 0 radical (unpaired) electrons. The van der Waals surface area contributed by atoms with Crippen molar-refractivity contribution in [2.45, 2.75) is 44.7 Å². The molecule has 1 saturated carbocycles. The molecular weight excluding hydrogens is 368 g/mol. The van der Waals surface area contributed by atoms with Crippen molar-refractivity contribution in [2.75, 3.05) is 7.11 Å². The van der Waals surface area contributed by atoms with Gasteiger partial charge < -0.3 is 20.5 Å². The average Bonchev–Trinajstić information content (AvgIpc) is 3.46. The highest BCUT2D eigenvalue weighted by atomic mass is 16.5. The maximum Gasteiger partial charge on any atom is 0.255 e. The number of carbonyl (C=O) groups excluding carboxylic acids is 2. The number of nitrogens with one attached hydrogen (secondary N) is 2. The number of benzene rings is 2. The van der Waals surface area contributed by atoms with Crippen molar-refractivity contribution in [3.05, 3.63) is 59.2 Å². The summed E-state index contributed by atoms with van der Waals surface area (Å²) in [6.07, 6.45) is 3.34. The summed E-state index contributed by atoms with van der Waals surface area (Å²) in [5.41, 5.74) is 2.05. The van der Waals surface area contributed by atoms with Crippen LogP contribution >= 0.6 is 0 Å². The largest absolute Gasteiger partial charge is 0.507 e. The van der Waals surface area contributed by atoms with Gasteiger partial charge in [0.25, 0.3) is 5.91 Å². The predicted octanol–water partition coefficient (Wildman–Crippen LogP) is 3.10. The number of hydrogen-bond acceptors (Lipinski definition) is 4. The fourth-order valence-electron chi connectivity index (χ4n) is 4.17. The molecule has 4 rings (SSSR count). The zero-order chi connectivity index (χ0) is 20.6. The van der Waals surface area contributed by atoms with Crippen LogP contribution in [0.2, 0.25) is 0 Å². The van der Waals surface area contributed by atoms with Crippen molar-refractivity contribution in [1.29, 1.82) is 0 Å². The van der Waals surface area contributed by atoms with Crippen LogP contribution in [0.1, 0.15) is 53.7 Å². The Morgan fingerprint density at radius 1 is 1.17 bits per heavy atom. The van der Waals surface area contributed by atoms with E-state index >= 15 is 0 Å². The van der Waals surface area contributed by atoms with Gasteiger partial charge in [-0.2, -0.15) is 0 Å². The van der Waals surface area contributed by atoms with Crippen LogP contribution in [0.4, 0.5) is 0 Å². The number of carbonyl (C=O) groups is 2. The summed E-state index contributed by atoms with van der Waals surface area (Å²) >= 11 is 0. The molecule has 0 unspecified atom stereocenters. The van der Waals surface area contributed by atoms with Gasteiger partial charge in [0, 0.05) is 11.5 Å². The number of ether oxygens (including phenoxy) is 1. The molecule has 2 aromatic rings. The Balaban J connectivity index is 1.56. The van der Waals surface area contributed by atoms with Crippen molar-refractivity contribution in [1.82, 2.24) is 10.6 Å². The second-order valence-electron chi connectivity index (χ2n) is 7.95. The van der Waals surface area contributed by atoms with E-state index in [0.717, 1.165) is 30.4 Å². The molecule has 0 spiro atoms. The molecule has 0 aromatic heterocycles. The van der Waals surface area contributed by atoms with E-state index in [1.807, 2.05) is 31.2 Å². The van der Waals surface area contributed by atoms with Gasteiger partial charge in [-0.25, -0.2) is 0 Å². The number of aromatic hydroxyl groups is 1. The lowest BCUT2D eigenvalue weighted by atomic mass is 10.0. The molecule has 152 valence electrons. The Hall–Kier alpha value is -3.02. The topological polar surface area (TPSA) is 87.7 Å². The summed E-state index contributed by atoms with van der Waals surface area (Å²) in [6, 6.07) is 11.9. The standard InChI is InChI=1S/C23H26N2O4/c1-3-23(10-11-23)22(28)24-18-12-14-6-4-5-7-16(14)20(18)25-21(27)17-9-8-15(29-2)13-19(17)26/h4-9,13,18,20,26H,3,10-12H2,1-2H3,(H,24,28)(H,25,27)/t18-,20-/m1/s1. The molecule has 2 amide bonds. The highest BCUT2D eigenvalue weighted by Gasteiger charge is 2.49. The Kier molecular flexibility index (Phi) is 4.94. The van der Waals surface area contributed by atoms with Crippen molar-refractivity contribution in [3.63, 3.8) is 0 Å². The second-order valence-corrected chi connectivity index (χ2v) is 7.95. The summed E-state index contributed by atoms with van der Waals surface area (Å²) in [5.74, 6) is 0.0217. The van der Waals surface area contributed by atoms with Gasteiger partial charge in [0.1, 0.15) is 11.5 Å². The van der Waals surface area contributed by atoms with E-state index in [2.05, 4.69) is 10.6 Å². The molecule has 0 aliphatic heterocycles. The van der Waals surface area contributed by atoms with Gasteiger partial charge >= 0.3 is 0 Å². The number of rotatable bonds is 6. The summed E-state index contributed by atoms with van der Waals surface area (Å²) in [6.45, 7) is 2.04. The molecule has 29 heavy (non-hydrogen) atoms. The van der Waals surface area contributed by atoms with Crippen LogP contribution < -0.4 is 15.4 Å². The van der Waals surface area contributed by atoms with Gasteiger partial charge in [-0.15, -0.1) is 0 Å².